The summed E-state index contributed by atoms with van der Waals surface area (Å²) in [6, 6.07) is 32.1. The number of nitrogens with zero attached hydrogens (tertiary/aromatic N) is 1. The molecular formula is C35H37ClN2O4. The number of nitrogens with one attached hydrogen (secondary N) is 1. The van der Waals surface area contributed by atoms with Gasteiger partial charge in [0, 0.05) is 31.0 Å². The van der Waals surface area contributed by atoms with Crippen LogP contribution in [0.2, 0.25) is 5.02 Å². The molecule has 1 unspecified atom stereocenters. The van der Waals surface area contributed by atoms with Crippen molar-refractivity contribution in [3.8, 4) is 11.5 Å². The van der Waals surface area contributed by atoms with E-state index in [-0.39, 0.29) is 11.8 Å². The number of methoxy groups -OCH3 is 2. The first-order valence-corrected chi connectivity index (χ1v) is 14.4. The Balaban J connectivity index is 1.55. The Morgan fingerprint density at radius 1 is 0.738 bits per heavy atom. The van der Waals surface area contributed by atoms with E-state index >= 15 is 0 Å². The molecule has 1 atom stereocenters. The van der Waals surface area contributed by atoms with Gasteiger partial charge in [-0.2, -0.15) is 0 Å². The second kappa shape index (κ2) is 15.6. The SMILES string of the molecule is COc1ccc(CCNC(=O)C(Cc2ccccc2)N(Cc2ccc(Cl)cc2)C(=O)CCc2ccccc2)cc1OC. The molecule has 7 heteroatoms. The molecule has 0 aliphatic heterocycles. The van der Waals surface area contributed by atoms with Crippen molar-refractivity contribution in [3.63, 3.8) is 0 Å². The molecule has 0 bridgehead atoms. The smallest absolute Gasteiger partial charge is 0.243 e. The van der Waals surface area contributed by atoms with E-state index in [1.54, 1.807) is 31.3 Å². The van der Waals surface area contributed by atoms with Crippen molar-refractivity contribution in [2.24, 2.45) is 0 Å². The summed E-state index contributed by atoms with van der Waals surface area (Å²) in [6.07, 6.45) is 1.88. The Morgan fingerprint density at radius 2 is 1.36 bits per heavy atom. The monoisotopic (exact) mass is 584 g/mol. The van der Waals surface area contributed by atoms with Crippen LogP contribution in [-0.2, 0) is 35.4 Å². The molecule has 0 aliphatic rings. The van der Waals surface area contributed by atoms with Crippen LogP contribution in [0.15, 0.2) is 103 Å². The van der Waals surface area contributed by atoms with E-state index in [1.807, 2.05) is 91.0 Å². The number of ether oxygens (including phenoxy) is 2. The third kappa shape index (κ3) is 8.85. The molecule has 0 fully saturated rings. The molecule has 0 heterocycles. The van der Waals surface area contributed by atoms with Crippen LogP contribution in [0.1, 0.15) is 28.7 Å². The van der Waals surface area contributed by atoms with E-state index in [9.17, 15) is 9.59 Å². The highest BCUT2D eigenvalue weighted by atomic mass is 35.5. The van der Waals surface area contributed by atoms with Gasteiger partial charge in [0.25, 0.3) is 0 Å². The molecule has 42 heavy (non-hydrogen) atoms. The number of rotatable bonds is 14. The number of benzene rings is 4. The number of hydrogen-bond acceptors (Lipinski definition) is 4. The van der Waals surface area contributed by atoms with Gasteiger partial charge in [-0.05, 0) is 59.4 Å². The third-order valence-corrected chi connectivity index (χ3v) is 7.42. The van der Waals surface area contributed by atoms with Crippen LogP contribution in [0.25, 0.3) is 0 Å². The molecule has 0 spiro atoms. The van der Waals surface area contributed by atoms with Gasteiger partial charge in [-0.25, -0.2) is 0 Å². The van der Waals surface area contributed by atoms with E-state index in [2.05, 4.69) is 5.32 Å². The molecule has 0 saturated carbocycles. The van der Waals surface area contributed by atoms with Crippen LogP contribution in [0, 0.1) is 0 Å². The van der Waals surface area contributed by atoms with Gasteiger partial charge in [0.2, 0.25) is 11.8 Å². The third-order valence-electron chi connectivity index (χ3n) is 7.17. The van der Waals surface area contributed by atoms with E-state index in [4.69, 9.17) is 21.1 Å². The fraction of sp³-hybridized carbons (Fsp3) is 0.257. The highest BCUT2D eigenvalue weighted by Gasteiger charge is 2.30. The standard InChI is InChI=1S/C35H37ClN2O4/c1-41-32-19-15-28(24-33(32)42-2)21-22-37-35(40)31(23-27-11-7-4-8-12-27)38(25-29-13-17-30(36)18-14-29)34(39)20-16-26-9-5-3-6-10-26/h3-15,17-19,24,31H,16,20-23,25H2,1-2H3,(H,37,40). The normalized spacial score (nSPS) is 11.4. The zero-order valence-electron chi connectivity index (χ0n) is 24.1. The summed E-state index contributed by atoms with van der Waals surface area (Å²) in [6.45, 7) is 0.706. The first-order valence-electron chi connectivity index (χ1n) is 14.1. The van der Waals surface area contributed by atoms with Crippen molar-refractivity contribution in [2.45, 2.75) is 38.3 Å². The molecule has 2 amide bonds. The van der Waals surface area contributed by atoms with Gasteiger partial charge in [-0.1, -0.05) is 90.5 Å². The molecular weight excluding hydrogens is 548 g/mol. The largest absolute Gasteiger partial charge is 0.493 e. The van der Waals surface area contributed by atoms with Crippen molar-refractivity contribution in [1.82, 2.24) is 10.2 Å². The van der Waals surface area contributed by atoms with Crippen molar-refractivity contribution < 1.29 is 19.1 Å². The first kappa shape index (κ1) is 30.7. The van der Waals surface area contributed by atoms with Gasteiger partial charge in [-0.15, -0.1) is 0 Å². The van der Waals surface area contributed by atoms with Gasteiger partial charge in [-0.3, -0.25) is 9.59 Å². The van der Waals surface area contributed by atoms with Crippen LogP contribution in [0.5, 0.6) is 11.5 Å². The summed E-state index contributed by atoms with van der Waals surface area (Å²) in [5.41, 5.74) is 3.97. The van der Waals surface area contributed by atoms with Gasteiger partial charge >= 0.3 is 0 Å². The molecule has 0 aromatic heterocycles. The zero-order chi connectivity index (χ0) is 29.7. The van der Waals surface area contributed by atoms with Gasteiger partial charge in [0.15, 0.2) is 11.5 Å². The van der Waals surface area contributed by atoms with Crippen molar-refractivity contribution >= 4 is 23.4 Å². The van der Waals surface area contributed by atoms with Crippen LogP contribution in [0.3, 0.4) is 0 Å². The van der Waals surface area contributed by atoms with E-state index < -0.39 is 6.04 Å². The average Bonchev–Trinajstić information content (AvgIpc) is 3.03. The van der Waals surface area contributed by atoms with E-state index in [0.29, 0.717) is 55.3 Å². The maximum Gasteiger partial charge on any atom is 0.243 e. The molecule has 4 aromatic rings. The number of carbonyl (C=O) groups excluding carboxylic acids is 2. The zero-order valence-corrected chi connectivity index (χ0v) is 24.8. The fourth-order valence-corrected chi connectivity index (χ4v) is 4.99. The van der Waals surface area contributed by atoms with Gasteiger partial charge in [0.1, 0.15) is 6.04 Å². The molecule has 4 aromatic carbocycles. The minimum absolute atomic E-state index is 0.0789. The highest BCUT2D eigenvalue weighted by Crippen LogP contribution is 2.27. The van der Waals surface area contributed by atoms with Crippen LogP contribution in [-0.4, -0.2) is 43.5 Å². The molecule has 0 saturated heterocycles. The molecule has 0 aliphatic carbocycles. The summed E-state index contributed by atoms with van der Waals surface area (Å²) in [5, 5.41) is 3.72. The predicted octanol–water partition coefficient (Wildman–Crippen LogP) is 6.29. The summed E-state index contributed by atoms with van der Waals surface area (Å²) >= 11 is 6.13. The van der Waals surface area contributed by atoms with Crippen molar-refractivity contribution in [1.29, 1.82) is 0 Å². The average molecular weight is 585 g/mol. The second-order valence-corrected chi connectivity index (χ2v) is 10.5. The highest BCUT2D eigenvalue weighted by molar-refractivity contribution is 6.30. The van der Waals surface area contributed by atoms with E-state index in [0.717, 1.165) is 22.3 Å². The maximum atomic E-state index is 13.9. The van der Waals surface area contributed by atoms with Crippen LogP contribution < -0.4 is 14.8 Å². The summed E-state index contributed by atoms with van der Waals surface area (Å²) in [5.74, 6) is 1.02. The first-order chi connectivity index (χ1) is 20.5. The Hall–Kier alpha value is -4.29. The molecule has 0 radical (unpaired) electrons. The second-order valence-electron chi connectivity index (χ2n) is 10.1. The molecule has 4 rings (SSSR count). The quantitative estimate of drug-likeness (QED) is 0.189. The predicted molar refractivity (Wildman–Crippen MR) is 167 cm³/mol. The Kier molecular flexibility index (Phi) is 11.4. The lowest BCUT2D eigenvalue weighted by Gasteiger charge is -2.32. The molecule has 218 valence electrons. The number of aryl methyl sites for hydroxylation is 1. The maximum absolute atomic E-state index is 13.9. The van der Waals surface area contributed by atoms with Crippen molar-refractivity contribution in [2.75, 3.05) is 20.8 Å². The number of hydrogen-bond donors (Lipinski definition) is 1. The minimum Gasteiger partial charge on any atom is -0.493 e. The summed E-state index contributed by atoms with van der Waals surface area (Å²) < 4.78 is 10.8. The Labute approximate surface area is 253 Å². The molecule has 1 N–H and O–H groups in total. The van der Waals surface area contributed by atoms with Crippen LogP contribution in [0.4, 0.5) is 0 Å². The minimum atomic E-state index is -0.697. The summed E-state index contributed by atoms with van der Waals surface area (Å²) in [7, 11) is 3.20. The summed E-state index contributed by atoms with van der Waals surface area (Å²) in [4.78, 5) is 29.4. The van der Waals surface area contributed by atoms with Gasteiger partial charge in [0.05, 0.1) is 14.2 Å². The van der Waals surface area contributed by atoms with Gasteiger partial charge < -0.3 is 19.7 Å². The van der Waals surface area contributed by atoms with Crippen molar-refractivity contribution in [3.05, 3.63) is 130 Å². The Bertz CT molecular complexity index is 1430. The molecule has 6 nitrogen and oxygen atoms in total. The van der Waals surface area contributed by atoms with E-state index in [1.165, 1.54) is 0 Å². The number of carbonyl (C=O) groups is 2. The lowest BCUT2D eigenvalue weighted by atomic mass is 10.0. The van der Waals surface area contributed by atoms with Crippen LogP contribution >= 0.6 is 11.6 Å². The lowest BCUT2D eigenvalue weighted by molar-refractivity contribution is -0.141. The fourth-order valence-electron chi connectivity index (χ4n) is 4.86. The number of halogens is 1. The Morgan fingerprint density at radius 3 is 2.00 bits per heavy atom. The lowest BCUT2D eigenvalue weighted by Crippen LogP contribution is -2.50. The number of amides is 2. The topological polar surface area (TPSA) is 67.9 Å².